The first-order chi connectivity index (χ1) is 11.1. The number of likely N-dealkylation sites (tertiary alicyclic amines) is 1. The zero-order valence-corrected chi connectivity index (χ0v) is 13.3. The maximum absolute atomic E-state index is 12.4. The third-order valence-corrected chi connectivity index (χ3v) is 4.86. The number of piperidine rings is 1. The number of thiazole rings is 1. The largest absolute Gasteiger partial charge is 0.481 e. The lowest BCUT2D eigenvalue weighted by atomic mass is 9.98. The minimum atomic E-state index is -0.824. The lowest BCUT2D eigenvalue weighted by Crippen LogP contribution is -2.43. The van der Waals surface area contributed by atoms with Crippen LogP contribution in [-0.2, 0) is 16.0 Å². The summed E-state index contributed by atoms with van der Waals surface area (Å²) in [6, 6.07) is 3.78. The SMILES string of the molecule is O=C(O)[C@H]1CCCN(C(=O)Cc2csc(-c3cccnc3)n2)C1. The average molecular weight is 331 g/mol. The molecule has 0 radical (unpaired) electrons. The van der Waals surface area contributed by atoms with Gasteiger partial charge >= 0.3 is 5.97 Å². The Morgan fingerprint density at radius 2 is 2.30 bits per heavy atom. The molecule has 1 aliphatic rings. The standard InChI is InChI=1S/C16H17N3O3S/c20-14(19-6-2-4-12(9-19)16(21)22)7-13-10-23-15(18-13)11-3-1-5-17-8-11/h1,3,5,8,10,12H,2,4,6-7,9H2,(H,21,22)/t12-/m0/s1. The molecule has 2 aromatic heterocycles. The summed E-state index contributed by atoms with van der Waals surface area (Å²) in [5.41, 5.74) is 1.65. The smallest absolute Gasteiger partial charge is 0.308 e. The van der Waals surface area contributed by atoms with E-state index in [1.165, 1.54) is 11.3 Å². The van der Waals surface area contributed by atoms with E-state index in [4.69, 9.17) is 5.11 Å². The fourth-order valence-corrected chi connectivity index (χ4v) is 3.49. The molecule has 120 valence electrons. The van der Waals surface area contributed by atoms with Gasteiger partial charge in [0.15, 0.2) is 0 Å². The fourth-order valence-electron chi connectivity index (χ4n) is 2.68. The second-order valence-corrected chi connectivity index (χ2v) is 6.44. The molecular formula is C16H17N3O3S. The summed E-state index contributed by atoms with van der Waals surface area (Å²) in [5.74, 6) is -1.33. The Labute approximate surface area is 137 Å². The number of nitrogens with zero attached hydrogens (tertiary/aromatic N) is 3. The molecular weight excluding hydrogens is 314 g/mol. The first kappa shape index (κ1) is 15.6. The van der Waals surface area contributed by atoms with Crippen molar-refractivity contribution in [1.29, 1.82) is 0 Å². The van der Waals surface area contributed by atoms with Crippen LogP contribution in [0.2, 0.25) is 0 Å². The molecule has 0 saturated carbocycles. The number of carbonyl (C=O) groups is 2. The first-order valence-corrected chi connectivity index (χ1v) is 8.37. The van der Waals surface area contributed by atoms with Crippen molar-refractivity contribution in [2.24, 2.45) is 5.92 Å². The summed E-state index contributed by atoms with van der Waals surface area (Å²) < 4.78 is 0. The van der Waals surface area contributed by atoms with Gasteiger partial charge in [-0.25, -0.2) is 4.98 Å². The molecule has 6 nitrogen and oxygen atoms in total. The van der Waals surface area contributed by atoms with Gasteiger partial charge in [0.2, 0.25) is 5.91 Å². The molecule has 0 aliphatic carbocycles. The van der Waals surface area contributed by atoms with Crippen molar-refractivity contribution in [3.63, 3.8) is 0 Å². The van der Waals surface area contributed by atoms with Crippen LogP contribution in [0.15, 0.2) is 29.9 Å². The lowest BCUT2D eigenvalue weighted by molar-refractivity contribution is -0.145. The Bertz CT molecular complexity index is 702. The number of hydrogen-bond acceptors (Lipinski definition) is 5. The van der Waals surface area contributed by atoms with Gasteiger partial charge in [-0.1, -0.05) is 0 Å². The Morgan fingerprint density at radius 3 is 3.04 bits per heavy atom. The van der Waals surface area contributed by atoms with E-state index in [0.717, 1.165) is 22.7 Å². The third-order valence-electron chi connectivity index (χ3n) is 3.92. The predicted octanol–water partition coefficient (Wildman–Crippen LogP) is 2.07. The van der Waals surface area contributed by atoms with Gasteiger partial charge in [-0.3, -0.25) is 14.6 Å². The van der Waals surface area contributed by atoms with E-state index in [1.807, 2.05) is 17.5 Å². The van der Waals surface area contributed by atoms with Crippen molar-refractivity contribution in [3.05, 3.63) is 35.6 Å². The van der Waals surface area contributed by atoms with Crippen LogP contribution in [0, 0.1) is 5.92 Å². The summed E-state index contributed by atoms with van der Waals surface area (Å²) in [7, 11) is 0. The van der Waals surface area contributed by atoms with Crippen molar-refractivity contribution in [3.8, 4) is 10.6 Å². The van der Waals surface area contributed by atoms with Crippen LogP contribution in [-0.4, -0.2) is 44.9 Å². The van der Waals surface area contributed by atoms with Gasteiger partial charge in [-0.15, -0.1) is 11.3 Å². The summed E-state index contributed by atoms with van der Waals surface area (Å²) in [4.78, 5) is 33.6. The minimum Gasteiger partial charge on any atom is -0.481 e. The molecule has 0 unspecified atom stereocenters. The van der Waals surface area contributed by atoms with Crippen molar-refractivity contribution in [2.45, 2.75) is 19.3 Å². The summed E-state index contributed by atoms with van der Waals surface area (Å²) in [6.07, 6.45) is 5.04. The van der Waals surface area contributed by atoms with Gasteiger partial charge in [0.25, 0.3) is 0 Å². The number of carboxylic acid groups (broad SMARTS) is 1. The highest BCUT2D eigenvalue weighted by molar-refractivity contribution is 7.13. The van der Waals surface area contributed by atoms with Crippen LogP contribution in [0.5, 0.6) is 0 Å². The number of aromatic nitrogens is 2. The molecule has 1 amide bonds. The maximum atomic E-state index is 12.4. The average Bonchev–Trinajstić information content (AvgIpc) is 3.04. The molecule has 0 spiro atoms. The van der Waals surface area contributed by atoms with Gasteiger partial charge in [0.1, 0.15) is 5.01 Å². The highest BCUT2D eigenvalue weighted by atomic mass is 32.1. The minimum absolute atomic E-state index is 0.0565. The van der Waals surface area contributed by atoms with Crippen molar-refractivity contribution in [1.82, 2.24) is 14.9 Å². The molecule has 0 aromatic carbocycles. The third kappa shape index (κ3) is 3.73. The molecule has 0 bridgehead atoms. The molecule has 1 N–H and O–H groups in total. The maximum Gasteiger partial charge on any atom is 0.308 e. The van der Waals surface area contributed by atoms with Crippen LogP contribution >= 0.6 is 11.3 Å². The van der Waals surface area contributed by atoms with E-state index in [2.05, 4.69) is 9.97 Å². The Hall–Kier alpha value is -2.28. The molecule has 1 aliphatic heterocycles. The van der Waals surface area contributed by atoms with E-state index in [0.29, 0.717) is 19.5 Å². The van der Waals surface area contributed by atoms with Crippen LogP contribution in [0.4, 0.5) is 0 Å². The van der Waals surface area contributed by atoms with Crippen LogP contribution in [0.1, 0.15) is 18.5 Å². The number of rotatable bonds is 4. The number of carbonyl (C=O) groups excluding carboxylic acids is 1. The van der Waals surface area contributed by atoms with E-state index >= 15 is 0 Å². The second-order valence-electron chi connectivity index (χ2n) is 5.58. The molecule has 2 aromatic rings. The quantitative estimate of drug-likeness (QED) is 0.927. The molecule has 1 saturated heterocycles. The van der Waals surface area contributed by atoms with Crippen molar-refractivity contribution in [2.75, 3.05) is 13.1 Å². The Balaban J connectivity index is 1.64. The number of amides is 1. The fraction of sp³-hybridized carbons (Fsp3) is 0.375. The van der Waals surface area contributed by atoms with Crippen molar-refractivity contribution < 1.29 is 14.7 Å². The number of aliphatic carboxylic acids is 1. The number of hydrogen-bond donors (Lipinski definition) is 1. The van der Waals surface area contributed by atoms with E-state index < -0.39 is 11.9 Å². The highest BCUT2D eigenvalue weighted by Crippen LogP contribution is 2.23. The molecule has 1 atom stereocenters. The second kappa shape index (κ2) is 6.87. The van der Waals surface area contributed by atoms with Crippen LogP contribution in [0.25, 0.3) is 10.6 Å². The Morgan fingerprint density at radius 1 is 1.43 bits per heavy atom. The monoisotopic (exact) mass is 331 g/mol. The molecule has 7 heteroatoms. The normalized spacial score (nSPS) is 17.9. The zero-order chi connectivity index (χ0) is 16.2. The predicted molar refractivity (Wildman–Crippen MR) is 86.0 cm³/mol. The Kier molecular flexibility index (Phi) is 4.66. The summed E-state index contributed by atoms with van der Waals surface area (Å²) in [6.45, 7) is 0.927. The van der Waals surface area contributed by atoms with Gasteiger partial charge < -0.3 is 10.0 Å². The van der Waals surface area contributed by atoms with Gasteiger partial charge in [-0.2, -0.15) is 0 Å². The first-order valence-electron chi connectivity index (χ1n) is 7.49. The molecule has 3 rings (SSSR count). The molecule has 1 fully saturated rings. The zero-order valence-electron chi connectivity index (χ0n) is 12.5. The van der Waals surface area contributed by atoms with Gasteiger partial charge in [-0.05, 0) is 25.0 Å². The van der Waals surface area contributed by atoms with Crippen LogP contribution < -0.4 is 0 Å². The van der Waals surface area contributed by atoms with Gasteiger partial charge in [0.05, 0.1) is 18.0 Å². The molecule has 3 heterocycles. The number of carboxylic acids is 1. The van der Waals surface area contributed by atoms with Crippen molar-refractivity contribution >= 4 is 23.2 Å². The highest BCUT2D eigenvalue weighted by Gasteiger charge is 2.28. The summed E-state index contributed by atoms with van der Waals surface area (Å²) in [5, 5.41) is 11.8. The number of pyridine rings is 1. The topological polar surface area (TPSA) is 83.4 Å². The van der Waals surface area contributed by atoms with E-state index in [1.54, 1.807) is 17.3 Å². The van der Waals surface area contributed by atoms with Crippen LogP contribution in [0.3, 0.4) is 0 Å². The van der Waals surface area contributed by atoms with E-state index in [9.17, 15) is 9.59 Å². The van der Waals surface area contributed by atoms with Gasteiger partial charge in [0, 0.05) is 36.4 Å². The molecule has 23 heavy (non-hydrogen) atoms. The summed E-state index contributed by atoms with van der Waals surface area (Å²) >= 11 is 1.48. The van der Waals surface area contributed by atoms with E-state index in [-0.39, 0.29) is 12.3 Å². The lowest BCUT2D eigenvalue weighted by Gasteiger charge is -2.30.